The van der Waals surface area contributed by atoms with E-state index in [0.717, 1.165) is 5.56 Å². The molecule has 138 valence electrons. The van der Waals surface area contributed by atoms with Crippen LogP contribution in [0.15, 0.2) is 47.4 Å². The molecule has 0 aliphatic heterocycles. The molecule has 2 rings (SSSR count). The van der Waals surface area contributed by atoms with Crippen LogP contribution in [-0.4, -0.2) is 33.8 Å². The van der Waals surface area contributed by atoms with Crippen molar-refractivity contribution < 1.29 is 18.0 Å². The fourth-order valence-corrected chi connectivity index (χ4v) is 3.66. The number of nitrogens with one attached hydrogen (secondary N) is 3. The third-order valence-corrected chi connectivity index (χ3v) is 5.23. The Kier molecular flexibility index (Phi) is 5.99. The monoisotopic (exact) mass is 375 g/mol. The second kappa shape index (κ2) is 8.01. The molecular weight excluding hydrogens is 354 g/mol. The van der Waals surface area contributed by atoms with E-state index >= 15 is 0 Å². The zero-order valence-electron chi connectivity index (χ0n) is 14.8. The van der Waals surface area contributed by atoms with Gasteiger partial charge in [-0.25, -0.2) is 8.42 Å². The lowest BCUT2D eigenvalue weighted by molar-refractivity contribution is -0.119. The highest BCUT2D eigenvalue weighted by atomic mass is 32.2. The maximum atomic E-state index is 12.6. The number of aryl methyl sites for hydroxylation is 2. The van der Waals surface area contributed by atoms with Gasteiger partial charge in [0.05, 0.1) is 11.4 Å². The van der Waals surface area contributed by atoms with Crippen molar-refractivity contribution in [1.29, 1.82) is 0 Å². The molecule has 0 aliphatic carbocycles. The molecule has 0 saturated carbocycles. The van der Waals surface area contributed by atoms with Crippen molar-refractivity contribution >= 4 is 27.5 Å². The number of rotatable bonds is 6. The molecule has 26 heavy (non-hydrogen) atoms. The Morgan fingerprint density at radius 2 is 1.77 bits per heavy atom. The first-order chi connectivity index (χ1) is 12.2. The van der Waals surface area contributed by atoms with Crippen LogP contribution < -0.4 is 15.4 Å². The van der Waals surface area contributed by atoms with Gasteiger partial charge in [0.1, 0.15) is 0 Å². The summed E-state index contributed by atoms with van der Waals surface area (Å²) in [6, 6.07) is 11.1. The van der Waals surface area contributed by atoms with Gasteiger partial charge in [-0.3, -0.25) is 14.3 Å². The van der Waals surface area contributed by atoms with E-state index in [1.807, 2.05) is 6.92 Å². The number of likely N-dealkylation sites (N-methyl/N-ethyl adjacent to an activating group) is 1. The van der Waals surface area contributed by atoms with Gasteiger partial charge >= 0.3 is 0 Å². The first-order valence-electron chi connectivity index (χ1n) is 7.92. The normalized spacial score (nSPS) is 10.9. The van der Waals surface area contributed by atoms with Gasteiger partial charge < -0.3 is 10.6 Å². The van der Waals surface area contributed by atoms with E-state index in [9.17, 15) is 18.0 Å². The van der Waals surface area contributed by atoms with Crippen LogP contribution in [0.1, 0.15) is 21.5 Å². The minimum absolute atomic E-state index is 0.159. The number of amides is 2. The first kappa shape index (κ1) is 19.5. The Hall–Kier alpha value is -2.87. The minimum Gasteiger partial charge on any atom is -0.358 e. The molecule has 0 fully saturated rings. The van der Waals surface area contributed by atoms with Crippen molar-refractivity contribution in [2.45, 2.75) is 18.7 Å². The minimum atomic E-state index is -3.78. The maximum Gasteiger partial charge on any atom is 0.262 e. The van der Waals surface area contributed by atoms with Gasteiger partial charge in [-0.15, -0.1) is 0 Å². The molecule has 0 bridgehead atoms. The van der Waals surface area contributed by atoms with E-state index in [4.69, 9.17) is 0 Å². The van der Waals surface area contributed by atoms with Crippen LogP contribution in [0.25, 0.3) is 0 Å². The molecule has 0 atom stereocenters. The molecule has 0 saturated heterocycles. The number of hydrogen-bond acceptors (Lipinski definition) is 4. The highest BCUT2D eigenvalue weighted by molar-refractivity contribution is 7.92. The Morgan fingerprint density at radius 1 is 1.04 bits per heavy atom. The summed E-state index contributed by atoms with van der Waals surface area (Å²) < 4.78 is 27.7. The SMILES string of the molecule is CNC(=O)CNC(=O)c1cccc(NS(=O)(=O)c2ccc(C)cc2C)c1. The van der Waals surface area contributed by atoms with Crippen molar-refractivity contribution in [3.05, 3.63) is 59.2 Å². The highest BCUT2D eigenvalue weighted by Crippen LogP contribution is 2.21. The molecule has 0 unspecified atom stereocenters. The Balaban J connectivity index is 2.19. The molecule has 2 amide bonds. The second-order valence-electron chi connectivity index (χ2n) is 5.81. The largest absolute Gasteiger partial charge is 0.358 e. The molecule has 8 heteroatoms. The summed E-state index contributed by atoms with van der Waals surface area (Å²) in [5, 5.41) is 4.85. The molecule has 2 aromatic rings. The molecule has 0 aromatic heterocycles. The predicted octanol–water partition coefficient (Wildman–Crippen LogP) is 1.58. The zero-order valence-corrected chi connectivity index (χ0v) is 15.6. The third-order valence-electron chi connectivity index (χ3n) is 3.69. The molecule has 0 heterocycles. The summed E-state index contributed by atoms with van der Waals surface area (Å²) in [4.78, 5) is 23.5. The molecule has 0 radical (unpaired) electrons. The van der Waals surface area contributed by atoms with Gasteiger partial charge in [0, 0.05) is 18.3 Å². The predicted molar refractivity (Wildman–Crippen MR) is 99.6 cm³/mol. The average Bonchev–Trinajstić information content (AvgIpc) is 2.58. The van der Waals surface area contributed by atoms with Crippen molar-refractivity contribution in [2.24, 2.45) is 0 Å². The van der Waals surface area contributed by atoms with Crippen LogP contribution in [0.2, 0.25) is 0 Å². The molecule has 0 spiro atoms. The van der Waals surface area contributed by atoms with Gasteiger partial charge in [-0.2, -0.15) is 0 Å². The summed E-state index contributed by atoms with van der Waals surface area (Å²) in [5.41, 5.74) is 2.11. The number of benzene rings is 2. The van der Waals surface area contributed by atoms with Crippen LogP contribution in [0.3, 0.4) is 0 Å². The van der Waals surface area contributed by atoms with E-state index < -0.39 is 15.9 Å². The van der Waals surface area contributed by atoms with Crippen molar-refractivity contribution in [2.75, 3.05) is 18.3 Å². The maximum absolute atomic E-state index is 12.6. The lowest BCUT2D eigenvalue weighted by Gasteiger charge is -2.12. The Labute approximate surface area is 152 Å². The van der Waals surface area contributed by atoms with Crippen LogP contribution >= 0.6 is 0 Å². The number of sulfonamides is 1. The molecule has 3 N–H and O–H groups in total. The summed E-state index contributed by atoms with van der Waals surface area (Å²) in [5.74, 6) is -0.800. The number of carbonyl (C=O) groups is 2. The van der Waals surface area contributed by atoms with Crippen LogP contribution in [-0.2, 0) is 14.8 Å². The topological polar surface area (TPSA) is 104 Å². The number of hydrogen-bond donors (Lipinski definition) is 3. The van der Waals surface area contributed by atoms with Gasteiger partial charge in [0.25, 0.3) is 15.9 Å². The summed E-state index contributed by atoms with van der Waals surface area (Å²) >= 11 is 0. The summed E-state index contributed by atoms with van der Waals surface area (Å²) in [7, 11) is -2.31. The fraction of sp³-hybridized carbons (Fsp3) is 0.222. The van der Waals surface area contributed by atoms with Crippen molar-refractivity contribution in [1.82, 2.24) is 10.6 Å². The molecule has 2 aromatic carbocycles. The molecule has 7 nitrogen and oxygen atoms in total. The zero-order chi connectivity index (χ0) is 19.3. The van der Waals surface area contributed by atoms with Gasteiger partial charge in [0.2, 0.25) is 5.91 Å². The van der Waals surface area contributed by atoms with E-state index in [0.29, 0.717) is 5.56 Å². The summed E-state index contributed by atoms with van der Waals surface area (Å²) in [6.07, 6.45) is 0. The first-order valence-corrected chi connectivity index (χ1v) is 9.40. The smallest absolute Gasteiger partial charge is 0.262 e. The molecule has 0 aliphatic rings. The highest BCUT2D eigenvalue weighted by Gasteiger charge is 2.17. The van der Waals surface area contributed by atoms with Crippen molar-refractivity contribution in [3.8, 4) is 0 Å². The van der Waals surface area contributed by atoms with Crippen molar-refractivity contribution in [3.63, 3.8) is 0 Å². The van der Waals surface area contributed by atoms with E-state index in [1.165, 1.54) is 19.2 Å². The third kappa shape index (κ3) is 4.82. The average molecular weight is 375 g/mol. The Morgan fingerprint density at radius 3 is 2.42 bits per heavy atom. The second-order valence-corrected chi connectivity index (χ2v) is 7.46. The lowest BCUT2D eigenvalue weighted by atomic mass is 10.2. The van der Waals surface area contributed by atoms with Crippen LogP contribution in [0.5, 0.6) is 0 Å². The standard InChI is InChI=1S/C18H21N3O4S/c1-12-7-8-16(13(2)9-12)26(24,25)21-15-6-4-5-14(10-15)18(23)20-11-17(22)19-3/h4-10,21H,11H2,1-3H3,(H,19,22)(H,20,23). The number of anilines is 1. The van der Waals surface area contributed by atoms with E-state index in [2.05, 4.69) is 15.4 Å². The quantitative estimate of drug-likeness (QED) is 0.713. The van der Waals surface area contributed by atoms with Gasteiger partial charge in [-0.05, 0) is 43.7 Å². The Bertz CT molecular complexity index is 939. The van der Waals surface area contributed by atoms with E-state index in [-0.39, 0.29) is 28.6 Å². The van der Waals surface area contributed by atoms with E-state index in [1.54, 1.807) is 37.3 Å². The lowest BCUT2D eigenvalue weighted by Crippen LogP contribution is -2.35. The van der Waals surface area contributed by atoms with Gasteiger partial charge in [0.15, 0.2) is 0 Å². The summed E-state index contributed by atoms with van der Waals surface area (Å²) in [6.45, 7) is 3.45. The van der Waals surface area contributed by atoms with Crippen LogP contribution in [0, 0.1) is 13.8 Å². The van der Waals surface area contributed by atoms with Crippen LogP contribution in [0.4, 0.5) is 5.69 Å². The van der Waals surface area contributed by atoms with Gasteiger partial charge in [-0.1, -0.05) is 23.8 Å². The fourth-order valence-electron chi connectivity index (χ4n) is 2.39. The number of carbonyl (C=O) groups excluding carboxylic acids is 2. The molecular formula is C18H21N3O4S.